The second-order valence-corrected chi connectivity index (χ2v) is 10.1. The largest absolute Gasteiger partial charge is 0.486 e. The molecule has 4 aromatic rings. The minimum Gasteiger partial charge on any atom is -0.486 e. The molecular formula is C28H27F3N6O. The van der Waals surface area contributed by atoms with E-state index in [1.54, 1.807) is 19.4 Å². The topological polar surface area (TPSA) is 69.0 Å². The van der Waals surface area contributed by atoms with Crippen molar-refractivity contribution in [3.8, 4) is 28.5 Å². The molecule has 1 aliphatic heterocycles. The van der Waals surface area contributed by atoms with Gasteiger partial charge < -0.3 is 14.2 Å². The summed E-state index contributed by atoms with van der Waals surface area (Å²) in [4.78, 5) is 20.2. The molecule has 1 aliphatic carbocycles. The number of hydrogen-bond acceptors (Lipinski definition) is 6. The Morgan fingerprint density at radius 3 is 2.45 bits per heavy atom. The lowest BCUT2D eigenvalue weighted by molar-refractivity contribution is -0.140. The van der Waals surface area contributed by atoms with E-state index >= 15 is 0 Å². The minimum atomic E-state index is -4.48. The van der Waals surface area contributed by atoms with Crippen LogP contribution in [-0.2, 0) is 18.8 Å². The second kappa shape index (κ2) is 8.82. The predicted octanol–water partition coefficient (Wildman–Crippen LogP) is 5.97. The number of rotatable bonds is 5. The standard InChI is InChI=1S/C28H27F3N6O/c1-17(2)23-20(5-4-12-32-23)24-33-15-21-26(35-24)37(13-14-38-21)27(10-11-27)19-8-6-18(7-9-19)25-34-22(16-36(25)3)28(29,30)31/h4-9,12,15-17H,10-11,13-14H2,1-3H3. The number of halogens is 3. The summed E-state index contributed by atoms with van der Waals surface area (Å²) in [5, 5.41) is 0. The Labute approximate surface area is 218 Å². The summed E-state index contributed by atoms with van der Waals surface area (Å²) in [6, 6.07) is 11.5. The van der Waals surface area contributed by atoms with Gasteiger partial charge in [0.1, 0.15) is 12.4 Å². The van der Waals surface area contributed by atoms with Crippen molar-refractivity contribution in [1.82, 2.24) is 24.5 Å². The van der Waals surface area contributed by atoms with Crippen molar-refractivity contribution < 1.29 is 17.9 Å². The third-order valence-electron chi connectivity index (χ3n) is 7.28. The van der Waals surface area contributed by atoms with Gasteiger partial charge in [-0.1, -0.05) is 38.1 Å². The number of aromatic nitrogens is 5. The molecule has 0 bridgehead atoms. The lowest BCUT2D eigenvalue weighted by Crippen LogP contribution is -2.42. The Bertz CT molecular complexity index is 1490. The van der Waals surface area contributed by atoms with Crippen LogP contribution in [0.5, 0.6) is 5.75 Å². The fourth-order valence-electron chi connectivity index (χ4n) is 5.26. The van der Waals surface area contributed by atoms with Gasteiger partial charge in [-0.3, -0.25) is 4.98 Å². The van der Waals surface area contributed by atoms with Crippen LogP contribution in [0.3, 0.4) is 0 Å². The Morgan fingerprint density at radius 1 is 1.03 bits per heavy atom. The monoisotopic (exact) mass is 520 g/mol. The Hall–Kier alpha value is -3.95. The van der Waals surface area contributed by atoms with Crippen LogP contribution < -0.4 is 9.64 Å². The molecule has 0 unspecified atom stereocenters. The lowest BCUT2D eigenvalue weighted by Gasteiger charge is -2.37. The Kier molecular flexibility index (Phi) is 5.66. The number of nitrogens with zero attached hydrogens (tertiary/aromatic N) is 6. The normalized spacial score (nSPS) is 16.3. The molecule has 0 amide bonds. The van der Waals surface area contributed by atoms with Gasteiger partial charge in [-0.05, 0) is 36.5 Å². The van der Waals surface area contributed by atoms with Crippen LogP contribution in [0, 0.1) is 0 Å². The van der Waals surface area contributed by atoms with Gasteiger partial charge in [-0.25, -0.2) is 15.0 Å². The number of pyridine rings is 1. The first kappa shape index (κ1) is 24.4. The van der Waals surface area contributed by atoms with E-state index in [-0.39, 0.29) is 17.3 Å². The zero-order valence-electron chi connectivity index (χ0n) is 21.3. The van der Waals surface area contributed by atoms with Crippen molar-refractivity contribution in [2.24, 2.45) is 7.05 Å². The molecule has 0 N–H and O–H groups in total. The minimum absolute atomic E-state index is 0.220. The van der Waals surface area contributed by atoms with Gasteiger partial charge in [0.05, 0.1) is 24.0 Å². The van der Waals surface area contributed by atoms with E-state index in [9.17, 15) is 13.2 Å². The first-order valence-electron chi connectivity index (χ1n) is 12.6. The van der Waals surface area contributed by atoms with Gasteiger partial charge in [0.15, 0.2) is 23.1 Å². The number of aryl methyl sites for hydroxylation is 1. The van der Waals surface area contributed by atoms with Gasteiger partial charge in [0, 0.05) is 30.6 Å². The molecule has 0 atom stereocenters. The molecule has 196 valence electrons. The van der Waals surface area contributed by atoms with Crippen LogP contribution in [-0.4, -0.2) is 37.7 Å². The summed E-state index contributed by atoms with van der Waals surface area (Å²) in [7, 11) is 1.57. The fraction of sp³-hybridized carbons (Fsp3) is 0.357. The molecule has 0 spiro atoms. The highest BCUT2D eigenvalue weighted by molar-refractivity contribution is 5.66. The number of fused-ring (bicyclic) bond motifs is 1. The zero-order chi connectivity index (χ0) is 26.7. The molecule has 4 heterocycles. The van der Waals surface area contributed by atoms with E-state index in [4.69, 9.17) is 9.72 Å². The van der Waals surface area contributed by atoms with E-state index in [1.165, 1.54) is 4.57 Å². The smallest absolute Gasteiger partial charge is 0.434 e. The average Bonchev–Trinajstić information content (AvgIpc) is 3.62. The summed E-state index contributed by atoms with van der Waals surface area (Å²) in [6.45, 7) is 5.38. The van der Waals surface area contributed by atoms with Gasteiger partial charge >= 0.3 is 6.18 Å². The maximum absolute atomic E-state index is 13.1. The first-order valence-corrected chi connectivity index (χ1v) is 12.6. The molecule has 0 saturated heterocycles. The van der Waals surface area contributed by atoms with Gasteiger partial charge in [0.25, 0.3) is 0 Å². The zero-order valence-corrected chi connectivity index (χ0v) is 21.3. The highest BCUT2D eigenvalue weighted by atomic mass is 19.4. The molecular weight excluding hydrogens is 493 g/mol. The number of imidazole rings is 1. The molecule has 38 heavy (non-hydrogen) atoms. The third kappa shape index (κ3) is 4.08. The summed E-state index contributed by atoms with van der Waals surface area (Å²) in [5.74, 6) is 2.50. The van der Waals surface area contributed by atoms with Gasteiger partial charge in [0.2, 0.25) is 0 Å². The number of hydrogen-bond donors (Lipinski definition) is 0. The van der Waals surface area contributed by atoms with Crippen molar-refractivity contribution in [3.63, 3.8) is 0 Å². The highest BCUT2D eigenvalue weighted by Gasteiger charge is 2.51. The summed E-state index contributed by atoms with van der Waals surface area (Å²) in [6.07, 6.45) is 1.93. The van der Waals surface area contributed by atoms with Crippen molar-refractivity contribution in [1.29, 1.82) is 0 Å². The quantitative estimate of drug-likeness (QED) is 0.323. The number of anilines is 1. The van der Waals surface area contributed by atoms with Crippen LogP contribution in [0.4, 0.5) is 19.0 Å². The lowest BCUT2D eigenvalue weighted by atomic mass is 10.00. The number of ether oxygens (including phenoxy) is 1. The maximum Gasteiger partial charge on any atom is 0.434 e. The van der Waals surface area contributed by atoms with E-state index in [0.29, 0.717) is 30.3 Å². The molecule has 1 aromatic carbocycles. The number of benzene rings is 1. The predicted molar refractivity (Wildman–Crippen MR) is 137 cm³/mol. The van der Waals surface area contributed by atoms with Gasteiger partial charge in [-0.15, -0.1) is 0 Å². The molecule has 7 nitrogen and oxygen atoms in total. The van der Waals surface area contributed by atoms with E-state index in [0.717, 1.165) is 41.7 Å². The van der Waals surface area contributed by atoms with Crippen LogP contribution in [0.1, 0.15) is 49.6 Å². The Morgan fingerprint density at radius 2 is 1.79 bits per heavy atom. The second-order valence-electron chi connectivity index (χ2n) is 10.1. The molecule has 3 aromatic heterocycles. The molecule has 10 heteroatoms. The van der Waals surface area contributed by atoms with E-state index < -0.39 is 11.9 Å². The van der Waals surface area contributed by atoms with Gasteiger partial charge in [-0.2, -0.15) is 13.2 Å². The molecule has 2 aliphatic rings. The summed E-state index contributed by atoms with van der Waals surface area (Å²) in [5.41, 5.74) is 2.41. The highest BCUT2D eigenvalue weighted by Crippen LogP contribution is 2.54. The van der Waals surface area contributed by atoms with E-state index in [2.05, 4.69) is 33.7 Å². The van der Waals surface area contributed by atoms with E-state index in [1.807, 2.05) is 36.4 Å². The van der Waals surface area contributed by atoms with Crippen molar-refractivity contribution in [3.05, 3.63) is 71.9 Å². The molecule has 1 saturated carbocycles. The van der Waals surface area contributed by atoms with Crippen LogP contribution in [0.2, 0.25) is 0 Å². The number of alkyl halides is 3. The van der Waals surface area contributed by atoms with Crippen molar-refractivity contribution >= 4 is 5.82 Å². The first-order chi connectivity index (χ1) is 18.2. The summed E-state index contributed by atoms with van der Waals surface area (Å²) >= 11 is 0. The third-order valence-corrected chi connectivity index (χ3v) is 7.28. The van der Waals surface area contributed by atoms with Crippen LogP contribution in [0.25, 0.3) is 22.8 Å². The maximum atomic E-state index is 13.1. The van der Waals surface area contributed by atoms with Crippen molar-refractivity contribution in [2.45, 2.75) is 44.3 Å². The van der Waals surface area contributed by atoms with Crippen LogP contribution in [0.15, 0.2) is 55.0 Å². The Balaban J connectivity index is 1.34. The average molecular weight is 521 g/mol. The SMILES string of the molecule is CC(C)c1ncccc1-c1ncc2c(n1)N(C1(c3ccc(-c4nc(C(F)(F)F)cn4C)cc3)CC1)CCO2. The van der Waals surface area contributed by atoms with Crippen molar-refractivity contribution in [2.75, 3.05) is 18.1 Å². The fourth-order valence-corrected chi connectivity index (χ4v) is 5.26. The molecule has 0 radical (unpaired) electrons. The summed E-state index contributed by atoms with van der Waals surface area (Å²) < 4.78 is 46.8. The molecule has 6 rings (SSSR count). The van der Waals surface area contributed by atoms with Crippen LogP contribution >= 0.6 is 0 Å². The molecule has 1 fully saturated rings.